The number of carbonyl (C=O) groups excluding carboxylic acids is 1. The lowest BCUT2D eigenvalue weighted by Gasteiger charge is -2.08. The molecule has 1 aliphatic rings. The first-order valence-electron chi connectivity index (χ1n) is 8.19. The van der Waals surface area contributed by atoms with Crippen LogP contribution in [0.4, 0.5) is 5.69 Å². The molecule has 0 atom stereocenters. The van der Waals surface area contributed by atoms with Crippen LogP contribution in [0, 0.1) is 19.3 Å². The van der Waals surface area contributed by atoms with Crippen molar-refractivity contribution in [3.63, 3.8) is 0 Å². The van der Waals surface area contributed by atoms with Gasteiger partial charge < -0.3 is 5.32 Å². The lowest BCUT2D eigenvalue weighted by Crippen LogP contribution is -2.17. The average Bonchev–Trinajstić information content (AvgIpc) is 3.14. The standard InChI is InChI=1S/C17H21N7O/c1-4-5-7-17(21-22-17)8-6-16(25)20-15-10-19-24(12-15)11-14-9-18-23(3)13(14)2/h1,9-10,12H,5-8,11H2,2-3H3,(H,20,25). The Morgan fingerprint density at radius 1 is 1.32 bits per heavy atom. The minimum atomic E-state index is -0.425. The fourth-order valence-electron chi connectivity index (χ4n) is 2.59. The number of rotatable bonds is 8. The van der Waals surface area contributed by atoms with E-state index in [2.05, 4.69) is 31.7 Å². The smallest absolute Gasteiger partial charge is 0.224 e. The summed E-state index contributed by atoms with van der Waals surface area (Å²) < 4.78 is 3.60. The van der Waals surface area contributed by atoms with Crippen LogP contribution >= 0.6 is 0 Å². The molecule has 1 N–H and O–H groups in total. The SMILES string of the molecule is C#CCCC1(CCC(=O)Nc2cnn(Cc3cnn(C)c3C)c2)N=N1. The molecule has 0 fully saturated rings. The van der Waals surface area contributed by atoms with E-state index in [4.69, 9.17) is 6.42 Å². The lowest BCUT2D eigenvalue weighted by molar-refractivity contribution is -0.116. The van der Waals surface area contributed by atoms with E-state index in [9.17, 15) is 4.79 Å². The topological polar surface area (TPSA) is 89.5 Å². The Bertz CT molecular complexity index is 834. The zero-order valence-electron chi connectivity index (χ0n) is 14.4. The molecule has 0 aromatic carbocycles. The number of hydrogen-bond donors (Lipinski definition) is 1. The zero-order valence-corrected chi connectivity index (χ0v) is 14.4. The minimum Gasteiger partial charge on any atom is -0.323 e. The second-order valence-corrected chi connectivity index (χ2v) is 6.24. The summed E-state index contributed by atoms with van der Waals surface area (Å²) in [6.07, 6.45) is 12.8. The van der Waals surface area contributed by atoms with E-state index in [-0.39, 0.29) is 5.91 Å². The maximum Gasteiger partial charge on any atom is 0.224 e. The van der Waals surface area contributed by atoms with Crippen molar-refractivity contribution in [1.82, 2.24) is 19.6 Å². The van der Waals surface area contributed by atoms with Crippen LogP contribution in [0.15, 0.2) is 28.8 Å². The van der Waals surface area contributed by atoms with E-state index < -0.39 is 5.66 Å². The molecule has 8 heteroatoms. The van der Waals surface area contributed by atoms with Crippen LogP contribution in [0.2, 0.25) is 0 Å². The van der Waals surface area contributed by atoms with Crippen LogP contribution in [-0.4, -0.2) is 31.1 Å². The van der Waals surface area contributed by atoms with Gasteiger partial charge in [0.25, 0.3) is 0 Å². The number of nitrogens with one attached hydrogen (secondary N) is 1. The maximum atomic E-state index is 12.1. The fourth-order valence-corrected chi connectivity index (χ4v) is 2.59. The molecule has 1 amide bonds. The Balaban J connectivity index is 1.49. The number of anilines is 1. The van der Waals surface area contributed by atoms with Crippen molar-refractivity contribution >= 4 is 11.6 Å². The van der Waals surface area contributed by atoms with E-state index in [0.29, 0.717) is 37.9 Å². The molecule has 2 aromatic rings. The minimum absolute atomic E-state index is 0.0745. The molecule has 8 nitrogen and oxygen atoms in total. The van der Waals surface area contributed by atoms with Crippen LogP contribution < -0.4 is 5.32 Å². The molecular weight excluding hydrogens is 318 g/mol. The van der Waals surface area contributed by atoms with E-state index >= 15 is 0 Å². The Kier molecular flexibility index (Phi) is 4.65. The zero-order chi connectivity index (χ0) is 17.9. The molecule has 0 radical (unpaired) electrons. The van der Waals surface area contributed by atoms with Crippen molar-refractivity contribution in [3.8, 4) is 12.3 Å². The third-order valence-electron chi connectivity index (χ3n) is 4.39. The van der Waals surface area contributed by atoms with Crippen LogP contribution in [0.5, 0.6) is 0 Å². The summed E-state index contributed by atoms with van der Waals surface area (Å²) in [5.74, 6) is 2.51. The summed E-state index contributed by atoms with van der Waals surface area (Å²) in [5.41, 5.74) is 2.44. The summed E-state index contributed by atoms with van der Waals surface area (Å²) in [7, 11) is 1.91. The summed E-state index contributed by atoms with van der Waals surface area (Å²) in [6, 6.07) is 0. The summed E-state index contributed by atoms with van der Waals surface area (Å²) in [5, 5.41) is 19.4. The Labute approximate surface area is 146 Å². The maximum absolute atomic E-state index is 12.1. The molecule has 130 valence electrons. The number of hydrogen-bond acceptors (Lipinski definition) is 5. The quantitative estimate of drug-likeness (QED) is 0.748. The average molecular weight is 339 g/mol. The molecule has 25 heavy (non-hydrogen) atoms. The predicted octanol–water partition coefficient (Wildman–Crippen LogP) is 2.27. The molecule has 1 aliphatic heterocycles. The third kappa shape index (κ3) is 4.12. The molecule has 2 aromatic heterocycles. The van der Waals surface area contributed by atoms with Crippen molar-refractivity contribution in [2.75, 3.05) is 5.32 Å². The first-order chi connectivity index (χ1) is 12.0. The van der Waals surface area contributed by atoms with Crippen molar-refractivity contribution in [2.45, 2.75) is 44.8 Å². The number of amides is 1. The Morgan fingerprint density at radius 2 is 2.12 bits per heavy atom. The van der Waals surface area contributed by atoms with Gasteiger partial charge in [-0.05, 0) is 6.92 Å². The van der Waals surface area contributed by atoms with E-state index in [1.807, 2.05) is 31.0 Å². The van der Waals surface area contributed by atoms with Crippen molar-refractivity contribution in [3.05, 3.63) is 29.8 Å². The second kappa shape index (κ2) is 6.89. The van der Waals surface area contributed by atoms with Gasteiger partial charge in [-0.15, -0.1) is 12.3 Å². The second-order valence-electron chi connectivity index (χ2n) is 6.24. The highest BCUT2D eigenvalue weighted by atomic mass is 16.1. The van der Waals surface area contributed by atoms with Gasteiger partial charge in [-0.25, -0.2) is 0 Å². The molecule has 0 aliphatic carbocycles. The number of terminal acetylenes is 1. The highest BCUT2D eigenvalue weighted by molar-refractivity contribution is 5.90. The molecule has 3 heterocycles. The Morgan fingerprint density at radius 3 is 2.76 bits per heavy atom. The number of aryl methyl sites for hydroxylation is 1. The summed E-state index contributed by atoms with van der Waals surface area (Å²) in [6.45, 7) is 2.63. The number of aromatic nitrogens is 4. The monoisotopic (exact) mass is 339 g/mol. The lowest BCUT2D eigenvalue weighted by atomic mass is 10.0. The largest absolute Gasteiger partial charge is 0.323 e. The summed E-state index contributed by atoms with van der Waals surface area (Å²) >= 11 is 0. The van der Waals surface area contributed by atoms with Crippen LogP contribution in [0.1, 0.15) is 36.9 Å². The van der Waals surface area contributed by atoms with Crippen molar-refractivity contribution < 1.29 is 4.79 Å². The molecule has 0 unspecified atom stereocenters. The van der Waals surface area contributed by atoms with Crippen LogP contribution in [0.3, 0.4) is 0 Å². The van der Waals surface area contributed by atoms with Crippen molar-refractivity contribution in [2.24, 2.45) is 17.3 Å². The van der Waals surface area contributed by atoms with Gasteiger partial charge in [0.05, 0.1) is 24.6 Å². The van der Waals surface area contributed by atoms with Gasteiger partial charge in [-0.2, -0.15) is 20.4 Å². The Hall–Kier alpha value is -2.95. The molecule has 3 rings (SSSR count). The third-order valence-corrected chi connectivity index (χ3v) is 4.39. The highest BCUT2D eigenvalue weighted by Crippen LogP contribution is 2.37. The molecule has 0 spiro atoms. The fraction of sp³-hybridized carbons (Fsp3) is 0.471. The highest BCUT2D eigenvalue weighted by Gasteiger charge is 2.39. The van der Waals surface area contributed by atoms with Crippen LogP contribution in [-0.2, 0) is 18.4 Å². The molecule has 0 saturated heterocycles. The van der Waals surface area contributed by atoms with Gasteiger partial charge in [0.1, 0.15) is 0 Å². The van der Waals surface area contributed by atoms with Gasteiger partial charge in [-0.3, -0.25) is 14.2 Å². The van der Waals surface area contributed by atoms with Gasteiger partial charge in [-0.1, -0.05) is 0 Å². The van der Waals surface area contributed by atoms with Crippen molar-refractivity contribution in [1.29, 1.82) is 0 Å². The van der Waals surface area contributed by atoms with Gasteiger partial charge in [0.15, 0.2) is 5.66 Å². The van der Waals surface area contributed by atoms with E-state index in [0.717, 1.165) is 11.3 Å². The predicted molar refractivity (Wildman–Crippen MR) is 92.8 cm³/mol. The number of nitrogens with zero attached hydrogens (tertiary/aromatic N) is 6. The number of carbonyl (C=O) groups is 1. The molecule has 0 bridgehead atoms. The van der Waals surface area contributed by atoms with E-state index in [1.165, 1.54) is 0 Å². The summed E-state index contributed by atoms with van der Waals surface area (Å²) in [4.78, 5) is 12.1. The van der Waals surface area contributed by atoms with Gasteiger partial charge in [0, 0.05) is 50.2 Å². The first-order valence-corrected chi connectivity index (χ1v) is 8.19. The molecule has 0 saturated carbocycles. The van der Waals surface area contributed by atoms with Crippen LogP contribution in [0.25, 0.3) is 0 Å². The normalized spacial score (nSPS) is 14.3. The first kappa shape index (κ1) is 16.9. The van der Waals surface area contributed by atoms with Gasteiger partial charge in [0.2, 0.25) is 5.91 Å². The van der Waals surface area contributed by atoms with Gasteiger partial charge >= 0.3 is 0 Å². The molecular formula is C17H21N7O. The van der Waals surface area contributed by atoms with E-state index in [1.54, 1.807) is 10.9 Å².